The van der Waals surface area contributed by atoms with Crippen LogP contribution in [-0.2, 0) is 6.42 Å². The molecule has 1 amide bonds. The highest BCUT2D eigenvalue weighted by Gasteiger charge is 2.32. The first kappa shape index (κ1) is 19.2. The van der Waals surface area contributed by atoms with Gasteiger partial charge in [-0.1, -0.05) is 24.8 Å². The lowest BCUT2D eigenvalue weighted by atomic mass is 9.86. The van der Waals surface area contributed by atoms with Gasteiger partial charge in [0.2, 0.25) is 0 Å². The molecule has 1 aromatic carbocycles. The van der Waals surface area contributed by atoms with E-state index >= 15 is 0 Å². The zero-order chi connectivity index (χ0) is 20.5. The van der Waals surface area contributed by atoms with Crippen LogP contribution in [0.2, 0.25) is 0 Å². The van der Waals surface area contributed by atoms with E-state index in [1.807, 2.05) is 50.6 Å². The van der Waals surface area contributed by atoms with E-state index in [0.717, 1.165) is 47.4 Å². The highest BCUT2D eigenvalue weighted by molar-refractivity contribution is 6.05. The molecular weight excluding hydrogens is 358 g/mol. The van der Waals surface area contributed by atoms with Crippen LogP contribution in [0.3, 0.4) is 0 Å². The largest absolute Gasteiger partial charge is 0.383 e. The van der Waals surface area contributed by atoms with E-state index in [1.165, 1.54) is 11.1 Å². The van der Waals surface area contributed by atoms with Crippen molar-refractivity contribution in [3.8, 4) is 0 Å². The van der Waals surface area contributed by atoms with Crippen LogP contribution in [0.1, 0.15) is 46.9 Å². The van der Waals surface area contributed by atoms with Gasteiger partial charge in [0.05, 0.1) is 5.70 Å². The van der Waals surface area contributed by atoms with Crippen molar-refractivity contribution in [2.24, 2.45) is 0 Å². The number of aromatic nitrogens is 1. The van der Waals surface area contributed by atoms with Crippen LogP contribution in [0.5, 0.6) is 0 Å². The lowest BCUT2D eigenvalue weighted by Gasteiger charge is -2.31. The number of carbonyl (C=O) groups is 1. The molecule has 2 aromatic rings. The van der Waals surface area contributed by atoms with E-state index in [9.17, 15) is 4.79 Å². The van der Waals surface area contributed by atoms with E-state index in [4.69, 9.17) is 0 Å². The molecule has 0 aliphatic carbocycles. The average molecular weight is 386 g/mol. The number of carbonyl (C=O) groups excluding carboxylic acids is 1. The normalized spacial score (nSPS) is 18.7. The Hall–Kier alpha value is -3.14. The van der Waals surface area contributed by atoms with Crippen LogP contribution in [0, 0.1) is 6.92 Å². The minimum absolute atomic E-state index is 0.00380. The number of rotatable bonds is 4. The fourth-order valence-corrected chi connectivity index (χ4v) is 4.34. The maximum atomic E-state index is 13.0. The molecule has 1 N–H and O–H groups in total. The number of amides is 1. The number of hydrogen-bond donors (Lipinski definition) is 1. The van der Waals surface area contributed by atoms with Crippen molar-refractivity contribution in [3.05, 3.63) is 94.6 Å². The van der Waals surface area contributed by atoms with Crippen molar-refractivity contribution in [1.29, 1.82) is 0 Å². The number of nitrogens with zero attached hydrogens (tertiary/aromatic N) is 2. The van der Waals surface area contributed by atoms with E-state index < -0.39 is 0 Å². The molecule has 148 valence electrons. The lowest BCUT2D eigenvalue weighted by Crippen LogP contribution is -2.35. The van der Waals surface area contributed by atoms with Crippen LogP contribution in [0.4, 0.5) is 0 Å². The highest BCUT2D eigenvalue weighted by atomic mass is 16.2. The van der Waals surface area contributed by atoms with Crippen LogP contribution >= 0.6 is 0 Å². The summed E-state index contributed by atoms with van der Waals surface area (Å²) in [5, 5.41) is 3.52. The molecule has 0 saturated heterocycles. The van der Waals surface area contributed by atoms with Gasteiger partial charge in [0.15, 0.2) is 0 Å². The smallest absolute Gasteiger partial charge is 0.258 e. The minimum Gasteiger partial charge on any atom is -0.383 e. The summed E-state index contributed by atoms with van der Waals surface area (Å²) in [5.41, 5.74) is 8.19. The van der Waals surface area contributed by atoms with Gasteiger partial charge in [0.1, 0.15) is 0 Å². The van der Waals surface area contributed by atoms with E-state index in [-0.39, 0.29) is 11.9 Å². The first-order chi connectivity index (χ1) is 14.0. The molecule has 1 aromatic heterocycles. The molecule has 0 spiro atoms. The molecule has 2 aliphatic heterocycles. The van der Waals surface area contributed by atoms with Gasteiger partial charge in [0.25, 0.3) is 5.91 Å². The first-order valence-electron chi connectivity index (χ1n) is 10.1. The fourth-order valence-electron chi connectivity index (χ4n) is 4.34. The number of benzene rings is 1. The van der Waals surface area contributed by atoms with Gasteiger partial charge in [-0.25, -0.2) is 0 Å². The standard InChI is InChI=1S/C25H27N3O/c1-16-14-19(12-13-26-16)8-7-11-22-18(3)24-17(2)20-9-5-6-10-21(20)25(29)28(4)23(24)15-27-22/h5-6,9-10,12-15,22,27H,2,7-8,11H2,1,3-4H3. The zero-order valence-electron chi connectivity index (χ0n) is 17.3. The summed E-state index contributed by atoms with van der Waals surface area (Å²) < 4.78 is 0. The van der Waals surface area contributed by atoms with Gasteiger partial charge in [-0.2, -0.15) is 0 Å². The number of fused-ring (bicyclic) bond motifs is 2. The van der Waals surface area contributed by atoms with Gasteiger partial charge in [-0.3, -0.25) is 9.78 Å². The fraction of sp³-hybridized carbons (Fsp3) is 0.280. The Morgan fingerprint density at radius 3 is 2.69 bits per heavy atom. The van der Waals surface area contributed by atoms with Crippen molar-refractivity contribution in [1.82, 2.24) is 15.2 Å². The highest BCUT2D eigenvalue weighted by Crippen LogP contribution is 2.39. The van der Waals surface area contributed by atoms with Crippen molar-refractivity contribution < 1.29 is 4.79 Å². The molecule has 4 heteroatoms. The molecule has 4 rings (SSSR count). The van der Waals surface area contributed by atoms with Gasteiger partial charge in [-0.15, -0.1) is 0 Å². The third kappa shape index (κ3) is 3.51. The van der Waals surface area contributed by atoms with E-state index in [0.29, 0.717) is 5.56 Å². The Labute approximate surface area is 172 Å². The summed E-state index contributed by atoms with van der Waals surface area (Å²) in [6.45, 7) is 8.57. The van der Waals surface area contributed by atoms with Gasteiger partial charge in [-0.05, 0) is 73.6 Å². The molecule has 2 aliphatic rings. The second-order valence-electron chi connectivity index (χ2n) is 7.89. The number of likely N-dealkylation sites (N-methyl/N-ethyl adjacent to an activating group) is 1. The Morgan fingerprint density at radius 1 is 1.17 bits per heavy atom. The third-order valence-electron chi connectivity index (χ3n) is 5.96. The van der Waals surface area contributed by atoms with Gasteiger partial charge >= 0.3 is 0 Å². The summed E-state index contributed by atoms with van der Waals surface area (Å²) in [5.74, 6) is 0.00380. The topological polar surface area (TPSA) is 45.2 Å². The number of hydrogen-bond acceptors (Lipinski definition) is 3. The summed E-state index contributed by atoms with van der Waals surface area (Å²) in [6.07, 6.45) is 6.99. The Morgan fingerprint density at radius 2 is 1.93 bits per heavy atom. The van der Waals surface area contributed by atoms with Crippen LogP contribution in [0.25, 0.3) is 5.57 Å². The van der Waals surface area contributed by atoms with E-state index in [2.05, 4.69) is 35.9 Å². The second-order valence-corrected chi connectivity index (χ2v) is 7.89. The molecule has 29 heavy (non-hydrogen) atoms. The summed E-state index contributed by atoms with van der Waals surface area (Å²) in [6, 6.07) is 12.2. The van der Waals surface area contributed by atoms with Gasteiger partial charge < -0.3 is 10.2 Å². The Bertz CT molecular complexity index is 1050. The molecule has 0 saturated carbocycles. The predicted octanol–water partition coefficient (Wildman–Crippen LogP) is 4.64. The minimum atomic E-state index is 0.00380. The van der Waals surface area contributed by atoms with Crippen molar-refractivity contribution >= 4 is 11.5 Å². The summed E-state index contributed by atoms with van der Waals surface area (Å²) in [7, 11) is 1.84. The maximum Gasteiger partial charge on any atom is 0.258 e. The van der Waals surface area contributed by atoms with Crippen molar-refractivity contribution in [2.75, 3.05) is 7.05 Å². The summed E-state index contributed by atoms with van der Waals surface area (Å²) in [4.78, 5) is 19.0. The Kier molecular flexibility index (Phi) is 5.10. The molecule has 0 fully saturated rings. The van der Waals surface area contributed by atoms with Crippen molar-refractivity contribution in [3.63, 3.8) is 0 Å². The number of pyridine rings is 1. The maximum absolute atomic E-state index is 13.0. The number of nitrogens with one attached hydrogen (secondary N) is 1. The lowest BCUT2D eigenvalue weighted by molar-refractivity contribution is 0.0839. The van der Waals surface area contributed by atoms with Crippen LogP contribution in [-0.4, -0.2) is 28.9 Å². The third-order valence-corrected chi connectivity index (χ3v) is 5.96. The number of dihydropyridines is 1. The monoisotopic (exact) mass is 385 g/mol. The molecule has 1 unspecified atom stereocenters. The Balaban J connectivity index is 1.59. The second kappa shape index (κ2) is 7.70. The summed E-state index contributed by atoms with van der Waals surface area (Å²) >= 11 is 0. The first-order valence-corrected chi connectivity index (χ1v) is 10.1. The van der Waals surface area contributed by atoms with Gasteiger partial charge in [0, 0.05) is 42.3 Å². The molecule has 0 bridgehead atoms. The molecule has 1 atom stereocenters. The molecule has 4 nitrogen and oxygen atoms in total. The molecular formula is C25H27N3O. The SMILES string of the molecule is C=C1C2=C(C)C(CCCc3ccnc(C)c3)NC=C2N(C)C(=O)c2ccccc21. The van der Waals surface area contributed by atoms with Crippen LogP contribution in [0.15, 0.2) is 72.2 Å². The quantitative estimate of drug-likeness (QED) is 0.834. The van der Waals surface area contributed by atoms with E-state index in [1.54, 1.807) is 4.90 Å². The molecule has 0 radical (unpaired) electrons. The molecule has 3 heterocycles. The number of allylic oxidation sites excluding steroid dienone is 1. The number of aryl methyl sites for hydroxylation is 2. The van der Waals surface area contributed by atoms with Crippen LogP contribution < -0.4 is 5.32 Å². The average Bonchev–Trinajstić information content (AvgIpc) is 2.80. The predicted molar refractivity (Wildman–Crippen MR) is 117 cm³/mol. The van der Waals surface area contributed by atoms with Crippen molar-refractivity contribution in [2.45, 2.75) is 39.2 Å². The zero-order valence-corrected chi connectivity index (χ0v) is 17.3.